The fourth-order valence-electron chi connectivity index (χ4n) is 1.68. The van der Waals surface area contributed by atoms with Crippen molar-refractivity contribution in [3.63, 3.8) is 0 Å². The van der Waals surface area contributed by atoms with Gasteiger partial charge in [0, 0.05) is 18.3 Å². The molecule has 0 spiro atoms. The number of nitro groups is 1. The summed E-state index contributed by atoms with van der Waals surface area (Å²) in [5.74, 6) is 0.275. The van der Waals surface area contributed by atoms with Crippen LogP contribution in [0.5, 0.6) is 5.75 Å². The highest BCUT2D eigenvalue weighted by atomic mass is 16.6. The summed E-state index contributed by atoms with van der Waals surface area (Å²) < 4.78 is 7.10. The molecule has 0 aliphatic carbocycles. The standard InChI is InChI=1S/C13H15N3O3/c1-3-8-19-13-9-11(4-5-12(13)16(17)18)15-7-6-10(2)14-15/h4-7,9H,3,8H2,1-2H3. The summed E-state index contributed by atoms with van der Waals surface area (Å²) >= 11 is 0. The normalized spacial score (nSPS) is 10.4. The van der Waals surface area contributed by atoms with E-state index in [-0.39, 0.29) is 11.4 Å². The molecule has 1 aromatic heterocycles. The van der Waals surface area contributed by atoms with Gasteiger partial charge in [-0.1, -0.05) is 6.92 Å². The molecule has 2 rings (SSSR count). The maximum atomic E-state index is 10.9. The second kappa shape index (κ2) is 5.51. The van der Waals surface area contributed by atoms with E-state index in [2.05, 4.69) is 5.10 Å². The molecule has 0 N–H and O–H groups in total. The van der Waals surface area contributed by atoms with Gasteiger partial charge in [0.15, 0.2) is 5.75 Å². The molecule has 1 heterocycles. The summed E-state index contributed by atoms with van der Waals surface area (Å²) in [5.41, 5.74) is 1.60. The van der Waals surface area contributed by atoms with Crippen LogP contribution in [0.4, 0.5) is 5.69 Å². The van der Waals surface area contributed by atoms with Crippen LogP contribution in [-0.2, 0) is 0 Å². The number of nitro benzene ring substituents is 1. The minimum Gasteiger partial charge on any atom is -0.487 e. The molecule has 19 heavy (non-hydrogen) atoms. The molecule has 0 aliphatic rings. The Kier molecular flexibility index (Phi) is 3.79. The highest BCUT2D eigenvalue weighted by molar-refractivity contribution is 5.52. The highest BCUT2D eigenvalue weighted by Gasteiger charge is 2.16. The molecule has 0 radical (unpaired) electrons. The lowest BCUT2D eigenvalue weighted by atomic mass is 10.2. The van der Waals surface area contributed by atoms with Gasteiger partial charge in [0.25, 0.3) is 0 Å². The maximum absolute atomic E-state index is 10.9. The van der Waals surface area contributed by atoms with Crippen LogP contribution in [0.3, 0.4) is 0 Å². The van der Waals surface area contributed by atoms with E-state index in [0.717, 1.165) is 17.8 Å². The van der Waals surface area contributed by atoms with Gasteiger partial charge < -0.3 is 4.74 Å². The molecule has 0 atom stereocenters. The monoisotopic (exact) mass is 261 g/mol. The van der Waals surface area contributed by atoms with Gasteiger partial charge in [0.1, 0.15) is 0 Å². The Morgan fingerprint density at radius 3 is 2.79 bits per heavy atom. The molecule has 100 valence electrons. The summed E-state index contributed by atoms with van der Waals surface area (Å²) in [6.07, 6.45) is 2.60. The minimum absolute atomic E-state index is 0.0268. The number of aromatic nitrogens is 2. The first kappa shape index (κ1) is 13.1. The van der Waals surface area contributed by atoms with Gasteiger partial charge in [-0.05, 0) is 25.5 Å². The van der Waals surface area contributed by atoms with Crippen LogP contribution in [0.1, 0.15) is 19.0 Å². The first-order valence-electron chi connectivity index (χ1n) is 6.05. The van der Waals surface area contributed by atoms with Crippen molar-refractivity contribution in [2.24, 2.45) is 0 Å². The SMILES string of the molecule is CCCOc1cc(-n2ccc(C)n2)ccc1[N+](=O)[O-]. The number of hydrogen-bond acceptors (Lipinski definition) is 4. The lowest BCUT2D eigenvalue weighted by molar-refractivity contribution is -0.385. The van der Waals surface area contributed by atoms with E-state index < -0.39 is 4.92 Å². The molecule has 0 saturated carbocycles. The quantitative estimate of drug-likeness (QED) is 0.613. The third-order valence-corrected chi connectivity index (χ3v) is 2.59. The fourth-order valence-corrected chi connectivity index (χ4v) is 1.68. The lowest BCUT2D eigenvalue weighted by Gasteiger charge is -2.08. The molecule has 0 saturated heterocycles. The molecular weight excluding hydrogens is 246 g/mol. The summed E-state index contributed by atoms with van der Waals surface area (Å²) in [5, 5.41) is 15.2. The zero-order valence-electron chi connectivity index (χ0n) is 10.9. The number of rotatable bonds is 5. The molecule has 0 aliphatic heterocycles. The zero-order chi connectivity index (χ0) is 13.8. The molecule has 0 fully saturated rings. The number of nitrogens with zero attached hydrogens (tertiary/aromatic N) is 3. The smallest absolute Gasteiger partial charge is 0.311 e. The molecular formula is C13H15N3O3. The minimum atomic E-state index is -0.441. The predicted molar refractivity (Wildman–Crippen MR) is 70.7 cm³/mol. The summed E-state index contributed by atoms with van der Waals surface area (Å²) in [4.78, 5) is 10.5. The van der Waals surface area contributed by atoms with Crippen molar-refractivity contribution in [3.8, 4) is 11.4 Å². The van der Waals surface area contributed by atoms with Gasteiger partial charge in [0.05, 0.1) is 22.9 Å². The second-order valence-electron chi connectivity index (χ2n) is 4.16. The number of benzene rings is 1. The van der Waals surface area contributed by atoms with E-state index in [9.17, 15) is 10.1 Å². The Morgan fingerprint density at radius 1 is 1.42 bits per heavy atom. The maximum Gasteiger partial charge on any atom is 0.311 e. The highest BCUT2D eigenvalue weighted by Crippen LogP contribution is 2.29. The van der Waals surface area contributed by atoms with Crippen molar-refractivity contribution < 1.29 is 9.66 Å². The number of ether oxygens (including phenoxy) is 1. The molecule has 6 heteroatoms. The van der Waals surface area contributed by atoms with Gasteiger partial charge in [-0.15, -0.1) is 0 Å². The van der Waals surface area contributed by atoms with Gasteiger partial charge in [-0.3, -0.25) is 10.1 Å². The number of hydrogen-bond donors (Lipinski definition) is 0. The topological polar surface area (TPSA) is 70.2 Å². The van der Waals surface area contributed by atoms with Crippen LogP contribution in [0, 0.1) is 17.0 Å². The fraction of sp³-hybridized carbons (Fsp3) is 0.308. The second-order valence-corrected chi connectivity index (χ2v) is 4.16. The molecule has 0 amide bonds. The third-order valence-electron chi connectivity index (χ3n) is 2.59. The van der Waals surface area contributed by atoms with Crippen LogP contribution in [0.25, 0.3) is 5.69 Å². The summed E-state index contributed by atoms with van der Waals surface area (Å²) in [6, 6.07) is 6.61. The first-order chi connectivity index (χ1) is 9.11. The van der Waals surface area contributed by atoms with Crippen LogP contribution >= 0.6 is 0 Å². The Hall–Kier alpha value is -2.37. The van der Waals surface area contributed by atoms with Gasteiger partial charge in [-0.25, -0.2) is 4.68 Å². The van der Waals surface area contributed by atoms with Gasteiger partial charge >= 0.3 is 5.69 Å². The predicted octanol–water partition coefficient (Wildman–Crippen LogP) is 2.88. The van der Waals surface area contributed by atoms with Gasteiger partial charge in [-0.2, -0.15) is 5.10 Å². The first-order valence-corrected chi connectivity index (χ1v) is 6.05. The van der Waals surface area contributed by atoms with Crippen LogP contribution in [-0.4, -0.2) is 21.3 Å². The molecule has 1 aromatic carbocycles. The van der Waals surface area contributed by atoms with Gasteiger partial charge in [0.2, 0.25) is 0 Å². The van der Waals surface area contributed by atoms with Crippen LogP contribution < -0.4 is 4.74 Å². The van der Waals surface area contributed by atoms with Crippen molar-refractivity contribution in [1.82, 2.24) is 9.78 Å². The lowest BCUT2D eigenvalue weighted by Crippen LogP contribution is -2.02. The van der Waals surface area contributed by atoms with E-state index in [1.54, 1.807) is 23.0 Å². The Morgan fingerprint density at radius 2 is 2.21 bits per heavy atom. The molecule has 6 nitrogen and oxygen atoms in total. The molecule has 0 unspecified atom stereocenters. The molecule has 2 aromatic rings. The summed E-state index contributed by atoms with van der Waals surface area (Å²) in [7, 11) is 0. The van der Waals surface area contributed by atoms with E-state index in [1.807, 2.05) is 19.9 Å². The van der Waals surface area contributed by atoms with E-state index >= 15 is 0 Å². The summed E-state index contributed by atoms with van der Waals surface area (Å²) in [6.45, 7) is 4.28. The Bertz CT molecular complexity index is 593. The van der Waals surface area contributed by atoms with E-state index in [1.165, 1.54) is 6.07 Å². The van der Waals surface area contributed by atoms with Crippen molar-refractivity contribution in [2.75, 3.05) is 6.61 Å². The van der Waals surface area contributed by atoms with Crippen LogP contribution in [0.2, 0.25) is 0 Å². The Labute approximate surface area is 110 Å². The largest absolute Gasteiger partial charge is 0.487 e. The number of aryl methyl sites for hydroxylation is 1. The van der Waals surface area contributed by atoms with Crippen molar-refractivity contribution >= 4 is 5.69 Å². The zero-order valence-corrected chi connectivity index (χ0v) is 10.9. The van der Waals surface area contributed by atoms with E-state index in [4.69, 9.17) is 4.74 Å². The Balaban J connectivity index is 2.39. The third kappa shape index (κ3) is 2.90. The average molecular weight is 261 g/mol. The van der Waals surface area contributed by atoms with Crippen molar-refractivity contribution in [2.45, 2.75) is 20.3 Å². The van der Waals surface area contributed by atoms with Crippen LogP contribution in [0.15, 0.2) is 30.5 Å². The van der Waals surface area contributed by atoms with Crippen molar-refractivity contribution in [1.29, 1.82) is 0 Å². The average Bonchev–Trinajstić information content (AvgIpc) is 2.82. The molecule has 0 bridgehead atoms. The van der Waals surface area contributed by atoms with Crippen molar-refractivity contribution in [3.05, 3.63) is 46.3 Å². The van der Waals surface area contributed by atoms with E-state index in [0.29, 0.717) is 6.61 Å².